The summed E-state index contributed by atoms with van der Waals surface area (Å²) in [7, 11) is 1.17. The summed E-state index contributed by atoms with van der Waals surface area (Å²) in [6.07, 6.45) is -0.420. The third kappa shape index (κ3) is 4.47. The Bertz CT molecular complexity index is 702. The number of piperidine rings is 1. The molecule has 1 aromatic carbocycles. The predicted molar refractivity (Wildman–Crippen MR) is 87.0 cm³/mol. The normalized spacial score (nSPS) is 20.7. The topological polar surface area (TPSA) is 55.8 Å². The Balaban J connectivity index is 2.28. The van der Waals surface area contributed by atoms with Crippen LogP contribution in [0.5, 0.6) is 0 Å². The molecule has 0 radical (unpaired) electrons. The van der Waals surface area contributed by atoms with Crippen LogP contribution in [0.25, 0.3) is 0 Å². The summed E-state index contributed by atoms with van der Waals surface area (Å²) in [5.74, 6) is -5.75. The van der Waals surface area contributed by atoms with Crippen molar-refractivity contribution in [2.45, 2.75) is 38.7 Å². The molecule has 2 atom stereocenters. The average molecular weight is 373 g/mol. The highest BCUT2D eigenvalue weighted by atomic mass is 19.2. The number of ether oxygens (including phenoxy) is 2. The summed E-state index contributed by atoms with van der Waals surface area (Å²) in [5, 5.41) is 0. The molecular weight excluding hydrogens is 351 g/mol. The van der Waals surface area contributed by atoms with Gasteiger partial charge in [-0.25, -0.2) is 18.0 Å². The third-order valence-corrected chi connectivity index (χ3v) is 4.21. The Labute approximate surface area is 150 Å². The molecule has 1 aromatic rings. The minimum absolute atomic E-state index is 0.0648. The molecule has 5 nitrogen and oxygen atoms in total. The van der Waals surface area contributed by atoms with Gasteiger partial charge in [-0.3, -0.25) is 4.79 Å². The highest BCUT2D eigenvalue weighted by Gasteiger charge is 2.40. The number of amides is 1. The minimum Gasteiger partial charge on any atom is -0.469 e. The Morgan fingerprint density at radius 3 is 2.31 bits per heavy atom. The molecule has 0 saturated carbocycles. The first kappa shape index (κ1) is 20.1. The van der Waals surface area contributed by atoms with Crippen LogP contribution < -0.4 is 0 Å². The van der Waals surface area contributed by atoms with Gasteiger partial charge in [0, 0.05) is 25.1 Å². The van der Waals surface area contributed by atoms with Crippen LogP contribution in [0.2, 0.25) is 0 Å². The van der Waals surface area contributed by atoms with Gasteiger partial charge in [-0.05, 0) is 38.8 Å². The van der Waals surface area contributed by atoms with Gasteiger partial charge in [-0.1, -0.05) is 0 Å². The lowest BCUT2D eigenvalue weighted by molar-refractivity contribution is -0.148. The van der Waals surface area contributed by atoms with E-state index in [9.17, 15) is 22.8 Å². The van der Waals surface area contributed by atoms with Crippen molar-refractivity contribution in [3.63, 3.8) is 0 Å². The van der Waals surface area contributed by atoms with Gasteiger partial charge in [-0.15, -0.1) is 0 Å². The fourth-order valence-corrected chi connectivity index (χ4v) is 3.03. The van der Waals surface area contributed by atoms with Gasteiger partial charge in [-0.2, -0.15) is 0 Å². The first-order valence-electron chi connectivity index (χ1n) is 8.23. The molecule has 1 aliphatic heterocycles. The molecule has 1 heterocycles. The summed E-state index contributed by atoms with van der Waals surface area (Å²) in [5.41, 5.74) is -0.816. The van der Waals surface area contributed by atoms with Crippen LogP contribution in [0.3, 0.4) is 0 Å². The molecule has 0 unspecified atom stereocenters. The monoisotopic (exact) mass is 373 g/mol. The zero-order valence-electron chi connectivity index (χ0n) is 15.1. The second kappa shape index (κ2) is 7.55. The molecule has 0 aliphatic carbocycles. The standard InChI is InChI=1S/C18H22F3NO4/c1-18(2,3)26-17(24)22-6-5-10(12(9-22)16(23)25-4)11-7-14(20)15(21)8-13(11)19/h7-8,10,12H,5-6,9H2,1-4H3/t10-,12+/m1/s1. The number of carbonyl (C=O) groups excluding carboxylic acids is 2. The number of nitrogens with zero attached hydrogens (tertiary/aromatic N) is 1. The van der Waals surface area contributed by atoms with E-state index in [1.54, 1.807) is 20.8 Å². The van der Waals surface area contributed by atoms with Crippen LogP contribution in [0.15, 0.2) is 12.1 Å². The number of likely N-dealkylation sites (tertiary alicyclic amines) is 1. The number of esters is 1. The molecule has 26 heavy (non-hydrogen) atoms. The second-order valence-corrected chi connectivity index (χ2v) is 7.24. The van der Waals surface area contributed by atoms with Gasteiger partial charge < -0.3 is 14.4 Å². The van der Waals surface area contributed by atoms with Gasteiger partial charge in [0.1, 0.15) is 11.4 Å². The van der Waals surface area contributed by atoms with E-state index in [1.165, 1.54) is 12.0 Å². The van der Waals surface area contributed by atoms with E-state index in [4.69, 9.17) is 9.47 Å². The SMILES string of the molecule is COC(=O)[C@H]1CN(C(=O)OC(C)(C)C)CC[C@@H]1c1cc(F)c(F)cc1F. The zero-order valence-corrected chi connectivity index (χ0v) is 15.1. The maximum Gasteiger partial charge on any atom is 0.410 e. The highest BCUT2D eigenvalue weighted by Crippen LogP contribution is 2.36. The van der Waals surface area contributed by atoms with Gasteiger partial charge in [0.05, 0.1) is 13.0 Å². The molecule has 8 heteroatoms. The van der Waals surface area contributed by atoms with Crippen molar-refractivity contribution in [2.75, 3.05) is 20.2 Å². The van der Waals surface area contributed by atoms with E-state index in [0.29, 0.717) is 6.07 Å². The fraction of sp³-hybridized carbons (Fsp3) is 0.556. The molecule has 0 aromatic heterocycles. The smallest absolute Gasteiger partial charge is 0.410 e. The Morgan fingerprint density at radius 2 is 1.73 bits per heavy atom. The molecule has 2 rings (SSSR count). The van der Waals surface area contributed by atoms with Gasteiger partial charge >= 0.3 is 12.1 Å². The molecule has 1 fully saturated rings. The van der Waals surface area contributed by atoms with Crippen molar-refractivity contribution in [1.82, 2.24) is 4.90 Å². The largest absolute Gasteiger partial charge is 0.469 e. The van der Waals surface area contributed by atoms with E-state index < -0.39 is 47.0 Å². The molecule has 0 bridgehead atoms. The van der Waals surface area contributed by atoms with Gasteiger partial charge in [0.2, 0.25) is 0 Å². The molecule has 0 N–H and O–H groups in total. The van der Waals surface area contributed by atoms with Crippen LogP contribution >= 0.6 is 0 Å². The van der Waals surface area contributed by atoms with Crippen LogP contribution in [0.4, 0.5) is 18.0 Å². The second-order valence-electron chi connectivity index (χ2n) is 7.24. The third-order valence-electron chi connectivity index (χ3n) is 4.21. The Hall–Kier alpha value is -2.25. The molecule has 1 aliphatic rings. The van der Waals surface area contributed by atoms with Crippen molar-refractivity contribution in [1.29, 1.82) is 0 Å². The van der Waals surface area contributed by atoms with E-state index in [2.05, 4.69) is 0 Å². The van der Waals surface area contributed by atoms with Crippen molar-refractivity contribution in [3.05, 3.63) is 35.1 Å². The number of hydrogen-bond acceptors (Lipinski definition) is 4. The zero-order chi connectivity index (χ0) is 19.6. The number of halogens is 3. The first-order chi connectivity index (χ1) is 12.0. The maximum atomic E-state index is 14.2. The Morgan fingerprint density at radius 1 is 1.12 bits per heavy atom. The molecule has 144 valence electrons. The van der Waals surface area contributed by atoms with E-state index in [-0.39, 0.29) is 25.1 Å². The van der Waals surface area contributed by atoms with Crippen LogP contribution in [0, 0.1) is 23.4 Å². The number of carbonyl (C=O) groups is 2. The van der Waals surface area contributed by atoms with Crippen LogP contribution in [0.1, 0.15) is 38.7 Å². The average Bonchev–Trinajstić information content (AvgIpc) is 2.55. The summed E-state index contributed by atoms with van der Waals surface area (Å²) >= 11 is 0. The lowest BCUT2D eigenvalue weighted by Crippen LogP contribution is -2.47. The number of hydrogen-bond donors (Lipinski definition) is 0. The number of rotatable bonds is 2. The number of benzene rings is 1. The first-order valence-corrected chi connectivity index (χ1v) is 8.23. The van der Waals surface area contributed by atoms with Gasteiger partial charge in [0.25, 0.3) is 0 Å². The fourth-order valence-electron chi connectivity index (χ4n) is 3.03. The molecular formula is C18H22F3NO4. The quantitative estimate of drug-likeness (QED) is 0.587. The van der Waals surface area contributed by atoms with Crippen molar-refractivity contribution in [2.24, 2.45) is 5.92 Å². The van der Waals surface area contributed by atoms with E-state index in [0.717, 1.165) is 6.07 Å². The van der Waals surface area contributed by atoms with Crippen molar-refractivity contribution >= 4 is 12.1 Å². The molecule has 1 saturated heterocycles. The van der Waals surface area contributed by atoms with Crippen LogP contribution in [-0.2, 0) is 14.3 Å². The minimum atomic E-state index is -1.30. The van der Waals surface area contributed by atoms with Crippen LogP contribution in [-0.4, -0.2) is 42.8 Å². The van der Waals surface area contributed by atoms with E-state index in [1.807, 2.05) is 0 Å². The van der Waals surface area contributed by atoms with Crippen molar-refractivity contribution < 1.29 is 32.2 Å². The van der Waals surface area contributed by atoms with Gasteiger partial charge in [0.15, 0.2) is 11.6 Å². The summed E-state index contributed by atoms with van der Waals surface area (Å²) in [6, 6.07) is 1.22. The molecule has 0 spiro atoms. The molecule has 1 amide bonds. The predicted octanol–water partition coefficient (Wildman–Crippen LogP) is 3.62. The summed E-state index contributed by atoms with van der Waals surface area (Å²) in [4.78, 5) is 25.8. The van der Waals surface area contributed by atoms with E-state index >= 15 is 0 Å². The summed E-state index contributed by atoms with van der Waals surface area (Å²) < 4.78 is 51.0. The summed E-state index contributed by atoms with van der Waals surface area (Å²) in [6.45, 7) is 5.26. The lowest BCUT2D eigenvalue weighted by Gasteiger charge is -2.38. The number of methoxy groups -OCH3 is 1. The lowest BCUT2D eigenvalue weighted by atomic mass is 9.80. The van der Waals surface area contributed by atoms with Crippen molar-refractivity contribution in [3.8, 4) is 0 Å². The highest BCUT2D eigenvalue weighted by molar-refractivity contribution is 5.76. The maximum absolute atomic E-state index is 14.2. The Kier molecular flexibility index (Phi) is 5.83.